The number of hydrogen-bond donors (Lipinski definition) is 1. The Hall–Kier alpha value is -1.80. The van der Waals surface area contributed by atoms with Crippen molar-refractivity contribution in [1.29, 1.82) is 0 Å². The Kier molecular flexibility index (Phi) is 2.80. The van der Waals surface area contributed by atoms with Gasteiger partial charge in [0.05, 0.1) is 13.2 Å². The number of nitrogens with one attached hydrogen (secondary N) is 1. The molecule has 2 heteroatoms. The Morgan fingerprint density at radius 3 is 2.61 bits per heavy atom. The van der Waals surface area contributed by atoms with Crippen molar-refractivity contribution in [3.63, 3.8) is 0 Å². The van der Waals surface area contributed by atoms with Gasteiger partial charge in [-0.1, -0.05) is 42.0 Å². The van der Waals surface area contributed by atoms with Crippen LogP contribution in [-0.4, -0.2) is 7.11 Å². The third-order valence-corrected chi connectivity index (χ3v) is 3.59. The van der Waals surface area contributed by atoms with Gasteiger partial charge < -0.3 is 10.1 Å². The summed E-state index contributed by atoms with van der Waals surface area (Å²) in [5.74, 6) is 0.981. The predicted octanol–water partition coefficient (Wildman–Crippen LogP) is 3.20. The summed E-state index contributed by atoms with van der Waals surface area (Å²) in [5.41, 5.74) is 5.22. The third-order valence-electron chi connectivity index (χ3n) is 3.59. The van der Waals surface area contributed by atoms with Crippen LogP contribution in [-0.2, 0) is 6.54 Å². The van der Waals surface area contributed by atoms with Gasteiger partial charge in [-0.2, -0.15) is 0 Å². The van der Waals surface area contributed by atoms with Crippen LogP contribution in [0, 0.1) is 6.92 Å². The highest BCUT2D eigenvalue weighted by molar-refractivity contribution is 5.48. The molecule has 0 saturated carbocycles. The topological polar surface area (TPSA) is 21.3 Å². The van der Waals surface area contributed by atoms with Crippen LogP contribution >= 0.6 is 0 Å². The zero-order valence-electron chi connectivity index (χ0n) is 10.7. The number of methoxy groups -OCH3 is 1. The van der Waals surface area contributed by atoms with E-state index in [1.807, 2.05) is 6.07 Å². The van der Waals surface area contributed by atoms with Gasteiger partial charge in [0.15, 0.2) is 0 Å². The molecule has 1 aliphatic rings. The summed E-state index contributed by atoms with van der Waals surface area (Å²) in [6.07, 6.45) is 0. The van der Waals surface area contributed by atoms with E-state index in [2.05, 4.69) is 48.6 Å². The quantitative estimate of drug-likeness (QED) is 0.869. The van der Waals surface area contributed by atoms with Gasteiger partial charge in [-0.05, 0) is 24.1 Å². The van der Waals surface area contributed by atoms with E-state index in [4.69, 9.17) is 4.74 Å². The maximum absolute atomic E-state index is 5.42. The maximum atomic E-state index is 5.42. The zero-order chi connectivity index (χ0) is 12.5. The number of rotatable bonds is 2. The van der Waals surface area contributed by atoms with E-state index in [0.717, 1.165) is 12.3 Å². The fraction of sp³-hybridized carbons (Fsp3) is 0.250. The van der Waals surface area contributed by atoms with Gasteiger partial charge >= 0.3 is 0 Å². The van der Waals surface area contributed by atoms with Crippen LogP contribution < -0.4 is 10.1 Å². The molecule has 0 radical (unpaired) electrons. The first-order valence-electron chi connectivity index (χ1n) is 6.25. The second-order valence-corrected chi connectivity index (χ2v) is 4.75. The molecule has 2 aromatic rings. The largest absolute Gasteiger partial charge is 0.496 e. The SMILES string of the molecule is COc1cccc2c1CNC2c1ccc(C)cc1. The summed E-state index contributed by atoms with van der Waals surface area (Å²) in [5, 5.41) is 3.55. The molecule has 0 aliphatic carbocycles. The van der Waals surface area contributed by atoms with Gasteiger partial charge in [-0.3, -0.25) is 0 Å². The molecule has 0 saturated heterocycles. The van der Waals surface area contributed by atoms with Crippen LogP contribution in [0.3, 0.4) is 0 Å². The van der Waals surface area contributed by atoms with Gasteiger partial charge in [0.25, 0.3) is 0 Å². The third kappa shape index (κ3) is 1.79. The van der Waals surface area contributed by atoms with Crippen molar-refractivity contribution < 1.29 is 4.74 Å². The second-order valence-electron chi connectivity index (χ2n) is 4.75. The lowest BCUT2D eigenvalue weighted by molar-refractivity contribution is 0.410. The molecule has 2 nitrogen and oxygen atoms in total. The zero-order valence-corrected chi connectivity index (χ0v) is 10.7. The van der Waals surface area contributed by atoms with Crippen LogP contribution in [0.5, 0.6) is 5.75 Å². The van der Waals surface area contributed by atoms with Crippen molar-refractivity contribution >= 4 is 0 Å². The molecular formula is C16H17NO. The minimum absolute atomic E-state index is 0.288. The molecule has 0 aromatic heterocycles. The van der Waals surface area contributed by atoms with Gasteiger partial charge in [-0.25, -0.2) is 0 Å². The summed E-state index contributed by atoms with van der Waals surface area (Å²) >= 11 is 0. The van der Waals surface area contributed by atoms with E-state index in [9.17, 15) is 0 Å². The highest BCUT2D eigenvalue weighted by atomic mass is 16.5. The van der Waals surface area contributed by atoms with Gasteiger partial charge in [0.1, 0.15) is 5.75 Å². The minimum Gasteiger partial charge on any atom is -0.496 e. The molecular weight excluding hydrogens is 222 g/mol. The van der Waals surface area contributed by atoms with Gasteiger partial charge in [-0.15, -0.1) is 0 Å². The number of aryl methyl sites for hydroxylation is 1. The van der Waals surface area contributed by atoms with Crippen LogP contribution in [0.4, 0.5) is 0 Å². The average Bonchev–Trinajstić information content (AvgIpc) is 2.83. The predicted molar refractivity (Wildman–Crippen MR) is 72.9 cm³/mol. The van der Waals surface area contributed by atoms with E-state index in [1.54, 1.807) is 7.11 Å². The van der Waals surface area contributed by atoms with Crippen molar-refractivity contribution in [1.82, 2.24) is 5.32 Å². The Morgan fingerprint density at radius 2 is 1.89 bits per heavy atom. The molecule has 0 spiro atoms. The molecule has 1 N–H and O–H groups in total. The van der Waals surface area contributed by atoms with Crippen molar-refractivity contribution in [2.24, 2.45) is 0 Å². The Bertz CT molecular complexity index is 560. The molecule has 0 bridgehead atoms. The number of benzene rings is 2. The van der Waals surface area contributed by atoms with Crippen molar-refractivity contribution in [2.45, 2.75) is 19.5 Å². The maximum Gasteiger partial charge on any atom is 0.123 e. The molecule has 1 atom stereocenters. The lowest BCUT2D eigenvalue weighted by Crippen LogP contribution is -2.13. The first kappa shape index (κ1) is 11.3. The Balaban J connectivity index is 2.02. The van der Waals surface area contributed by atoms with Crippen LogP contribution in [0.2, 0.25) is 0 Å². The van der Waals surface area contributed by atoms with Crippen LogP contribution in [0.25, 0.3) is 0 Å². The molecule has 1 heterocycles. The lowest BCUT2D eigenvalue weighted by Gasteiger charge is -2.13. The molecule has 18 heavy (non-hydrogen) atoms. The lowest BCUT2D eigenvalue weighted by atomic mass is 9.97. The number of fused-ring (bicyclic) bond motifs is 1. The summed E-state index contributed by atoms with van der Waals surface area (Å²) < 4.78 is 5.42. The fourth-order valence-electron chi connectivity index (χ4n) is 2.60. The van der Waals surface area contributed by atoms with Gasteiger partial charge in [0.2, 0.25) is 0 Å². The normalized spacial score (nSPS) is 17.6. The smallest absolute Gasteiger partial charge is 0.123 e. The van der Waals surface area contributed by atoms with Crippen LogP contribution in [0.15, 0.2) is 42.5 Å². The highest BCUT2D eigenvalue weighted by Gasteiger charge is 2.25. The van der Waals surface area contributed by atoms with Crippen molar-refractivity contribution in [3.05, 3.63) is 64.7 Å². The summed E-state index contributed by atoms with van der Waals surface area (Å²) in [6.45, 7) is 2.99. The van der Waals surface area contributed by atoms with E-state index in [-0.39, 0.29) is 6.04 Å². The first-order chi connectivity index (χ1) is 8.79. The Morgan fingerprint density at radius 1 is 1.11 bits per heavy atom. The molecule has 92 valence electrons. The molecule has 3 rings (SSSR count). The van der Waals surface area contributed by atoms with Gasteiger partial charge in [0, 0.05) is 12.1 Å². The number of ether oxygens (including phenoxy) is 1. The molecule has 1 unspecified atom stereocenters. The summed E-state index contributed by atoms with van der Waals surface area (Å²) in [6, 6.07) is 15.3. The molecule has 0 fully saturated rings. The standard InChI is InChI=1S/C16H17NO/c1-11-6-8-12(9-7-11)16-13-4-3-5-15(18-2)14(13)10-17-16/h3-9,16-17H,10H2,1-2H3. The van der Waals surface area contributed by atoms with E-state index in [1.165, 1.54) is 22.3 Å². The fourth-order valence-corrected chi connectivity index (χ4v) is 2.60. The summed E-state index contributed by atoms with van der Waals surface area (Å²) in [4.78, 5) is 0. The second kappa shape index (κ2) is 4.46. The van der Waals surface area contributed by atoms with Crippen molar-refractivity contribution in [3.8, 4) is 5.75 Å². The van der Waals surface area contributed by atoms with E-state index in [0.29, 0.717) is 0 Å². The minimum atomic E-state index is 0.288. The highest BCUT2D eigenvalue weighted by Crippen LogP contribution is 2.35. The van der Waals surface area contributed by atoms with Crippen molar-refractivity contribution in [2.75, 3.05) is 7.11 Å². The summed E-state index contributed by atoms with van der Waals surface area (Å²) in [7, 11) is 1.73. The Labute approximate surface area is 108 Å². The molecule has 0 amide bonds. The van der Waals surface area contributed by atoms with E-state index < -0.39 is 0 Å². The number of hydrogen-bond acceptors (Lipinski definition) is 2. The van der Waals surface area contributed by atoms with Crippen LogP contribution in [0.1, 0.15) is 28.3 Å². The average molecular weight is 239 g/mol. The monoisotopic (exact) mass is 239 g/mol. The molecule has 1 aliphatic heterocycles. The van der Waals surface area contributed by atoms with E-state index >= 15 is 0 Å². The first-order valence-corrected chi connectivity index (χ1v) is 6.25. The molecule has 2 aromatic carbocycles.